The first-order chi connectivity index (χ1) is 19.4. The van der Waals surface area contributed by atoms with Crippen molar-refractivity contribution in [2.24, 2.45) is 5.92 Å². The van der Waals surface area contributed by atoms with E-state index >= 15 is 0 Å². The Morgan fingerprint density at radius 2 is 1.40 bits per heavy atom. The normalized spacial score (nSPS) is 14.5. The van der Waals surface area contributed by atoms with Gasteiger partial charge in [0.05, 0.1) is 20.1 Å². The SMILES string of the molecule is COc1ccc(Nc2cc(C)nc(Nc3ccc(NC(=O)[C@H]4CC(=O)N(c5ccc(OC)cc5)C4)cc3)n2)cc1. The van der Waals surface area contributed by atoms with Crippen molar-refractivity contribution in [1.82, 2.24) is 9.97 Å². The van der Waals surface area contributed by atoms with Crippen molar-refractivity contribution in [2.75, 3.05) is 41.6 Å². The van der Waals surface area contributed by atoms with Crippen LogP contribution in [0.15, 0.2) is 78.9 Å². The smallest absolute Gasteiger partial charge is 0.229 e. The number of benzene rings is 3. The number of anilines is 6. The number of carbonyl (C=O) groups excluding carboxylic acids is 2. The highest BCUT2D eigenvalue weighted by Gasteiger charge is 2.35. The van der Waals surface area contributed by atoms with Crippen LogP contribution in [0.4, 0.5) is 34.5 Å². The number of hydrogen-bond acceptors (Lipinski definition) is 8. The third-order valence-corrected chi connectivity index (χ3v) is 6.51. The topological polar surface area (TPSA) is 118 Å². The molecule has 3 aromatic carbocycles. The van der Waals surface area contributed by atoms with E-state index in [0.29, 0.717) is 29.7 Å². The highest BCUT2D eigenvalue weighted by Crippen LogP contribution is 2.28. The van der Waals surface area contributed by atoms with Crippen molar-refractivity contribution in [3.63, 3.8) is 0 Å². The Bertz CT molecular complexity index is 1490. The van der Waals surface area contributed by atoms with Crippen LogP contribution in [0.3, 0.4) is 0 Å². The van der Waals surface area contributed by atoms with Gasteiger partial charge < -0.3 is 30.3 Å². The summed E-state index contributed by atoms with van der Waals surface area (Å²) in [6.07, 6.45) is 0.162. The van der Waals surface area contributed by atoms with Crippen LogP contribution in [0, 0.1) is 12.8 Å². The van der Waals surface area contributed by atoms with Crippen molar-refractivity contribution in [2.45, 2.75) is 13.3 Å². The van der Waals surface area contributed by atoms with Crippen LogP contribution >= 0.6 is 0 Å². The molecule has 0 unspecified atom stereocenters. The monoisotopic (exact) mass is 538 g/mol. The molecule has 5 rings (SSSR count). The van der Waals surface area contributed by atoms with Crippen molar-refractivity contribution < 1.29 is 19.1 Å². The number of hydrogen-bond donors (Lipinski definition) is 3. The number of rotatable bonds is 9. The molecular weight excluding hydrogens is 508 g/mol. The minimum absolute atomic E-state index is 0.0798. The van der Waals surface area contributed by atoms with Crippen LogP contribution in [0.25, 0.3) is 0 Å². The maximum Gasteiger partial charge on any atom is 0.229 e. The second kappa shape index (κ2) is 11.7. The summed E-state index contributed by atoms with van der Waals surface area (Å²) < 4.78 is 10.4. The van der Waals surface area contributed by atoms with E-state index in [9.17, 15) is 9.59 Å². The van der Waals surface area contributed by atoms with E-state index in [1.54, 1.807) is 43.4 Å². The fraction of sp³-hybridized carbons (Fsp3) is 0.200. The van der Waals surface area contributed by atoms with Crippen LogP contribution in [0.2, 0.25) is 0 Å². The van der Waals surface area contributed by atoms with Crippen molar-refractivity contribution in [3.8, 4) is 11.5 Å². The maximum absolute atomic E-state index is 12.9. The van der Waals surface area contributed by atoms with Gasteiger partial charge in [0, 0.05) is 47.5 Å². The molecule has 0 saturated carbocycles. The van der Waals surface area contributed by atoms with E-state index in [1.807, 2.05) is 61.5 Å². The number of ether oxygens (including phenoxy) is 2. The lowest BCUT2D eigenvalue weighted by Crippen LogP contribution is -2.28. The Kier molecular flexibility index (Phi) is 7.77. The van der Waals surface area contributed by atoms with Crippen LogP contribution in [-0.4, -0.2) is 42.5 Å². The van der Waals surface area contributed by atoms with E-state index in [0.717, 1.165) is 28.5 Å². The van der Waals surface area contributed by atoms with E-state index in [2.05, 4.69) is 25.9 Å². The Labute approximate surface area is 232 Å². The van der Waals surface area contributed by atoms with E-state index < -0.39 is 5.92 Å². The first kappa shape index (κ1) is 26.5. The molecule has 4 aromatic rings. The van der Waals surface area contributed by atoms with Gasteiger partial charge in [0.2, 0.25) is 17.8 Å². The lowest BCUT2D eigenvalue weighted by Gasteiger charge is -2.17. The maximum atomic E-state index is 12.9. The van der Waals surface area contributed by atoms with Gasteiger partial charge in [-0.15, -0.1) is 0 Å². The average Bonchev–Trinajstić information content (AvgIpc) is 3.36. The second-order valence-electron chi connectivity index (χ2n) is 9.37. The zero-order valence-electron chi connectivity index (χ0n) is 22.5. The Balaban J connectivity index is 1.18. The number of nitrogens with one attached hydrogen (secondary N) is 3. The van der Waals surface area contributed by atoms with Gasteiger partial charge in [-0.1, -0.05) is 0 Å². The molecule has 10 nitrogen and oxygen atoms in total. The molecule has 1 aliphatic rings. The lowest BCUT2D eigenvalue weighted by atomic mass is 10.1. The number of methoxy groups -OCH3 is 2. The molecule has 0 spiro atoms. The second-order valence-corrected chi connectivity index (χ2v) is 9.37. The molecule has 10 heteroatoms. The largest absolute Gasteiger partial charge is 0.497 e. The van der Waals surface area contributed by atoms with Gasteiger partial charge in [-0.25, -0.2) is 4.98 Å². The Morgan fingerprint density at radius 1 is 0.825 bits per heavy atom. The molecule has 1 atom stereocenters. The Hall–Kier alpha value is -5.12. The van der Waals surface area contributed by atoms with Crippen LogP contribution < -0.4 is 30.3 Å². The molecule has 0 aliphatic carbocycles. The number of carbonyl (C=O) groups is 2. The third kappa shape index (κ3) is 6.29. The minimum atomic E-state index is -0.440. The van der Waals surface area contributed by atoms with E-state index in [1.165, 1.54) is 0 Å². The summed E-state index contributed by atoms with van der Waals surface area (Å²) in [7, 11) is 3.22. The highest BCUT2D eigenvalue weighted by molar-refractivity contribution is 6.03. The number of amides is 2. The molecule has 2 heterocycles. The summed E-state index contributed by atoms with van der Waals surface area (Å²) in [6.45, 7) is 2.22. The third-order valence-electron chi connectivity index (χ3n) is 6.51. The minimum Gasteiger partial charge on any atom is -0.497 e. The fourth-order valence-electron chi connectivity index (χ4n) is 4.42. The summed E-state index contributed by atoms with van der Waals surface area (Å²) in [4.78, 5) is 36.2. The Morgan fingerprint density at radius 3 is 2.05 bits per heavy atom. The predicted molar refractivity (Wildman–Crippen MR) is 155 cm³/mol. The van der Waals surface area contributed by atoms with Gasteiger partial charge in [0.25, 0.3) is 0 Å². The number of nitrogens with zero attached hydrogens (tertiary/aromatic N) is 3. The molecular formula is C30H30N6O4. The molecule has 2 amide bonds. The van der Waals surface area contributed by atoms with Gasteiger partial charge in [-0.3, -0.25) is 9.59 Å². The number of aryl methyl sites for hydroxylation is 1. The van der Waals surface area contributed by atoms with Crippen LogP contribution in [0.5, 0.6) is 11.5 Å². The molecule has 40 heavy (non-hydrogen) atoms. The van der Waals surface area contributed by atoms with Gasteiger partial charge in [-0.2, -0.15) is 4.98 Å². The fourth-order valence-corrected chi connectivity index (χ4v) is 4.42. The molecule has 0 bridgehead atoms. The first-order valence-electron chi connectivity index (χ1n) is 12.8. The number of aromatic nitrogens is 2. The van der Waals surface area contributed by atoms with Crippen molar-refractivity contribution >= 4 is 46.3 Å². The van der Waals surface area contributed by atoms with Gasteiger partial charge in [0.15, 0.2) is 0 Å². The molecule has 0 radical (unpaired) electrons. The van der Waals surface area contributed by atoms with Crippen molar-refractivity contribution in [1.29, 1.82) is 0 Å². The van der Waals surface area contributed by atoms with E-state index in [-0.39, 0.29) is 18.2 Å². The average molecular weight is 539 g/mol. The molecule has 1 aliphatic heterocycles. The van der Waals surface area contributed by atoms with Gasteiger partial charge in [-0.05, 0) is 79.7 Å². The quantitative estimate of drug-likeness (QED) is 0.263. The molecule has 3 N–H and O–H groups in total. The summed E-state index contributed by atoms with van der Waals surface area (Å²) in [5.74, 6) is 1.87. The summed E-state index contributed by atoms with van der Waals surface area (Å²) in [5.41, 5.74) is 3.82. The van der Waals surface area contributed by atoms with Crippen molar-refractivity contribution in [3.05, 3.63) is 84.6 Å². The van der Waals surface area contributed by atoms with Gasteiger partial charge in [0.1, 0.15) is 17.3 Å². The zero-order chi connectivity index (χ0) is 28.1. The highest BCUT2D eigenvalue weighted by atomic mass is 16.5. The van der Waals surface area contributed by atoms with Gasteiger partial charge >= 0.3 is 0 Å². The van der Waals surface area contributed by atoms with Crippen LogP contribution in [-0.2, 0) is 9.59 Å². The molecule has 1 saturated heterocycles. The standard InChI is InChI=1S/C30H30N6O4/c1-19-16-27(32-21-8-12-25(39-2)13-9-21)35-30(31-19)34-23-6-4-22(5-7-23)33-29(38)20-17-28(37)36(18-20)24-10-14-26(40-3)15-11-24/h4-16,20H,17-18H2,1-3H3,(H,33,38)(H2,31,32,34,35)/t20-/m0/s1. The zero-order valence-corrected chi connectivity index (χ0v) is 22.5. The lowest BCUT2D eigenvalue weighted by molar-refractivity contribution is -0.122. The molecule has 204 valence electrons. The summed E-state index contributed by atoms with van der Waals surface area (Å²) in [6, 6.07) is 23.9. The summed E-state index contributed by atoms with van der Waals surface area (Å²) >= 11 is 0. The van der Waals surface area contributed by atoms with Crippen LogP contribution in [0.1, 0.15) is 12.1 Å². The summed E-state index contributed by atoms with van der Waals surface area (Å²) in [5, 5.41) is 9.41. The predicted octanol–water partition coefficient (Wildman–Crippen LogP) is 5.28. The molecule has 1 fully saturated rings. The van der Waals surface area contributed by atoms with E-state index in [4.69, 9.17) is 9.47 Å². The molecule has 1 aromatic heterocycles. The first-order valence-corrected chi connectivity index (χ1v) is 12.8.